The topological polar surface area (TPSA) is 94.3 Å². The Kier molecular flexibility index (Phi) is 6.57. The largest absolute Gasteiger partial charge is 0.484 e. The molecule has 3 N–H and O–H groups in total. The maximum Gasteiger partial charge on any atom is 0.264 e. The van der Waals surface area contributed by atoms with Crippen LogP contribution in [0.1, 0.15) is 21.6 Å². The lowest BCUT2D eigenvalue weighted by Crippen LogP contribution is -2.20. The van der Waals surface area contributed by atoms with E-state index in [4.69, 9.17) is 10.5 Å². The molecule has 0 spiro atoms. The first-order valence-corrected chi connectivity index (χ1v) is 10.8. The van der Waals surface area contributed by atoms with E-state index in [1.165, 1.54) is 17.4 Å². The summed E-state index contributed by atoms with van der Waals surface area (Å²) < 4.78 is 5.51. The van der Waals surface area contributed by atoms with Crippen LogP contribution in [-0.2, 0) is 11.2 Å². The molecule has 4 rings (SSSR count). The van der Waals surface area contributed by atoms with Gasteiger partial charge in [-0.3, -0.25) is 14.9 Å². The molecule has 7 heteroatoms. The molecule has 1 aromatic heterocycles. The van der Waals surface area contributed by atoms with E-state index in [9.17, 15) is 9.59 Å². The molecular formula is C25H21N3O3S. The number of nitrogens with one attached hydrogen (secondary N) is 1. The third-order valence-electron chi connectivity index (χ3n) is 4.68. The van der Waals surface area contributed by atoms with Crippen molar-refractivity contribution in [2.75, 3.05) is 11.9 Å². The summed E-state index contributed by atoms with van der Waals surface area (Å²) in [7, 11) is 0. The Morgan fingerprint density at radius 1 is 0.938 bits per heavy atom. The zero-order valence-corrected chi connectivity index (χ0v) is 18.0. The van der Waals surface area contributed by atoms with Crippen LogP contribution in [0.4, 0.5) is 5.13 Å². The molecule has 0 aliphatic carbocycles. The van der Waals surface area contributed by atoms with Gasteiger partial charge in [-0.1, -0.05) is 78.1 Å². The first kappa shape index (κ1) is 21.3. The summed E-state index contributed by atoms with van der Waals surface area (Å²) in [4.78, 5) is 29.5. The molecule has 0 unspecified atom stereocenters. The number of nitrogens with two attached hydrogens (primary N) is 1. The first-order chi connectivity index (χ1) is 15.6. The zero-order valence-electron chi connectivity index (χ0n) is 17.2. The SMILES string of the molecule is NC(=O)c1cccc(OCC(=O)Nc2nc(Cc3ccccc3)c(-c3ccccc3)s2)c1. The molecule has 0 fully saturated rings. The van der Waals surface area contributed by atoms with Gasteiger partial charge in [-0.25, -0.2) is 4.98 Å². The number of carbonyl (C=O) groups excluding carboxylic acids is 2. The van der Waals surface area contributed by atoms with Crippen molar-refractivity contribution in [3.05, 3.63) is 102 Å². The third-order valence-corrected chi connectivity index (χ3v) is 5.74. The lowest BCUT2D eigenvalue weighted by molar-refractivity contribution is -0.118. The number of anilines is 1. The normalized spacial score (nSPS) is 10.5. The summed E-state index contributed by atoms with van der Waals surface area (Å²) >= 11 is 1.43. The minimum absolute atomic E-state index is 0.212. The van der Waals surface area contributed by atoms with Gasteiger partial charge in [-0.2, -0.15) is 0 Å². The highest BCUT2D eigenvalue weighted by Gasteiger charge is 2.16. The Balaban J connectivity index is 1.49. The van der Waals surface area contributed by atoms with Crippen molar-refractivity contribution >= 4 is 28.3 Å². The molecule has 160 valence electrons. The summed E-state index contributed by atoms with van der Waals surface area (Å²) in [5, 5.41) is 3.33. The highest BCUT2D eigenvalue weighted by Crippen LogP contribution is 2.34. The quantitative estimate of drug-likeness (QED) is 0.419. The van der Waals surface area contributed by atoms with Crippen molar-refractivity contribution in [1.82, 2.24) is 4.98 Å². The van der Waals surface area contributed by atoms with E-state index in [-0.39, 0.29) is 12.5 Å². The molecule has 6 nitrogen and oxygen atoms in total. The van der Waals surface area contributed by atoms with Crippen molar-refractivity contribution < 1.29 is 14.3 Å². The summed E-state index contributed by atoms with van der Waals surface area (Å²) in [6.45, 7) is -0.212. The summed E-state index contributed by atoms with van der Waals surface area (Å²) in [5.74, 6) is -0.499. The average molecular weight is 444 g/mol. The van der Waals surface area contributed by atoms with E-state index in [2.05, 4.69) is 22.4 Å². The van der Waals surface area contributed by atoms with Crippen LogP contribution in [0.5, 0.6) is 5.75 Å². The highest BCUT2D eigenvalue weighted by atomic mass is 32.1. The maximum atomic E-state index is 12.5. The van der Waals surface area contributed by atoms with Gasteiger partial charge in [0.1, 0.15) is 5.75 Å². The third kappa shape index (κ3) is 5.39. The molecule has 32 heavy (non-hydrogen) atoms. The van der Waals surface area contributed by atoms with Crippen LogP contribution in [0.2, 0.25) is 0 Å². The number of ether oxygens (including phenoxy) is 1. The number of benzene rings is 3. The van der Waals surface area contributed by atoms with E-state index in [0.29, 0.717) is 22.9 Å². The van der Waals surface area contributed by atoms with Gasteiger partial charge in [0, 0.05) is 12.0 Å². The highest BCUT2D eigenvalue weighted by molar-refractivity contribution is 7.19. The number of thiazole rings is 1. The molecule has 0 radical (unpaired) electrons. The van der Waals surface area contributed by atoms with Gasteiger partial charge in [0.15, 0.2) is 11.7 Å². The van der Waals surface area contributed by atoms with Gasteiger partial charge in [0.25, 0.3) is 5.91 Å². The second kappa shape index (κ2) is 9.89. The molecule has 0 bridgehead atoms. The van der Waals surface area contributed by atoms with E-state index >= 15 is 0 Å². The fraction of sp³-hybridized carbons (Fsp3) is 0.0800. The van der Waals surface area contributed by atoms with Gasteiger partial charge in [0.2, 0.25) is 5.91 Å². The summed E-state index contributed by atoms with van der Waals surface area (Å²) in [6.07, 6.45) is 0.661. The van der Waals surface area contributed by atoms with Gasteiger partial charge in [0.05, 0.1) is 10.6 Å². The monoisotopic (exact) mass is 443 g/mol. The molecule has 0 aliphatic rings. The maximum absolute atomic E-state index is 12.5. The van der Waals surface area contributed by atoms with Crippen LogP contribution in [0.3, 0.4) is 0 Å². The fourth-order valence-corrected chi connectivity index (χ4v) is 4.18. The Bertz CT molecular complexity index is 1220. The Morgan fingerprint density at radius 2 is 1.66 bits per heavy atom. The Labute approximate surface area is 189 Å². The van der Waals surface area contributed by atoms with Crippen LogP contribution in [0, 0.1) is 0 Å². The predicted octanol–water partition coefficient (Wildman–Crippen LogP) is 4.52. The van der Waals surface area contributed by atoms with Crippen molar-refractivity contribution in [3.8, 4) is 16.2 Å². The number of primary amides is 1. The van der Waals surface area contributed by atoms with Gasteiger partial charge < -0.3 is 10.5 Å². The molecule has 0 atom stereocenters. The van der Waals surface area contributed by atoms with Crippen molar-refractivity contribution in [3.63, 3.8) is 0 Å². The zero-order chi connectivity index (χ0) is 22.3. The lowest BCUT2D eigenvalue weighted by atomic mass is 10.1. The molecule has 0 aliphatic heterocycles. The van der Waals surface area contributed by atoms with Crippen LogP contribution in [0.15, 0.2) is 84.9 Å². The first-order valence-electron chi connectivity index (χ1n) is 10.00. The smallest absolute Gasteiger partial charge is 0.264 e. The van der Waals surface area contributed by atoms with E-state index in [0.717, 1.165) is 21.7 Å². The fourth-order valence-electron chi connectivity index (χ4n) is 3.17. The number of aromatic nitrogens is 1. The second-order valence-corrected chi connectivity index (χ2v) is 8.05. The Hall–Kier alpha value is -3.97. The van der Waals surface area contributed by atoms with Gasteiger partial charge in [-0.15, -0.1) is 0 Å². The Morgan fingerprint density at radius 3 is 2.38 bits per heavy atom. The number of hydrogen-bond acceptors (Lipinski definition) is 5. The molecule has 4 aromatic rings. The van der Waals surface area contributed by atoms with E-state index in [1.54, 1.807) is 18.2 Å². The van der Waals surface area contributed by atoms with E-state index in [1.807, 2.05) is 48.5 Å². The average Bonchev–Trinajstić information content (AvgIpc) is 3.21. The number of amides is 2. The van der Waals surface area contributed by atoms with Crippen molar-refractivity contribution in [1.29, 1.82) is 0 Å². The van der Waals surface area contributed by atoms with Crippen LogP contribution in [0.25, 0.3) is 10.4 Å². The summed E-state index contributed by atoms with van der Waals surface area (Å²) in [5.41, 5.74) is 8.70. The number of hydrogen-bond donors (Lipinski definition) is 2. The molecule has 0 saturated carbocycles. The van der Waals surface area contributed by atoms with E-state index < -0.39 is 5.91 Å². The number of rotatable bonds is 8. The standard InChI is InChI=1S/C25H21N3O3S/c26-24(30)19-12-7-13-20(15-19)31-16-22(29)28-25-27-21(14-17-8-3-1-4-9-17)23(32-25)18-10-5-2-6-11-18/h1-13,15H,14,16H2,(H2,26,30)(H,27,28,29). The van der Waals surface area contributed by atoms with Crippen molar-refractivity contribution in [2.45, 2.75) is 6.42 Å². The lowest BCUT2D eigenvalue weighted by Gasteiger charge is -2.06. The molecule has 0 saturated heterocycles. The summed E-state index contributed by atoms with van der Waals surface area (Å²) in [6, 6.07) is 26.5. The van der Waals surface area contributed by atoms with Crippen LogP contribution >= 0.6 is 11.3 Å². The van der Waals surface area contributed by atoms with Crippen molar-refractivity contribution in [2.24, 2.45) is 5.73 Å². The van der Waals surface area contributed by atoms with Gasteiger partial charge in [-0.05, 0) is 29.3 Å². The number of carbonyl (C=O) groups is 2. The van der Waals surface area contributed by atoms with Crippen LogP contribution in [-0.4, -0.2) is 23.4 Å². The number of nitrogens with zero attached hydrogens (tertiary/aromatic N) is 1. The molecule has 1 heterocycles. The van der Waals surface area contributed by atoms with Crippen LogP contribution < -0.4 is 15.8 Å². The minimum Gasteiger partial charge on any atom is -0.484 e. The predicted molar refractivity (Wildman–Crippen MR) is 126 cm³/mol. The minimum atomic E-state index is -0.554. The second-order valence-electron chi connectivity index (χ2n) is 7.05. The van der Waals surface area contributed by atoms with Gasteiger partial charge >= 0.3 is 0 Å². The molecular weight excluding hydrogens is 422 g/mol. The molecule has 3 aromatic carbocycles. The molecule has 2 amide bonds.